The standard InChI is InChI=1S/C23H32N4O/c1-17-8-10-19(11-9-17)16-26-23(28)25-14-12-21-18(2)15-20-7-5-3-4-6-13-24-22(20)27-21/h8-11,15H,3-7,12-14,16H2,1-2H3,(H,24,27)(H2,25,26,28). The van der Waals surface area contributed by atoms with Crippen LogP contribution in [-0.2, 0) is 19.4 Å². The number of pyridine rings is 1. The van der Waals surface area contributed by atoms with Crippen LogP contribution in [0.15, 0.2) is 30.3 Å². The molecule has 1 aromatic heterocycles. The predicted molar refractivity (Wildman–Crippen MR) is 115 cm³/mol. The summed E-state index contributed by atoms with van der Waals surface area (Å²) >= 11 is 0. The number of amides is 2. The largest absolute Gasteiger partial charge is 0.370 e. The molecule has 3 rings (SSSR count). The van der Waals surface area contributed by atoms with Gasteiger partial charge >= 0.3 is 6.03 Å². The Morgan fingerprint density at radius 2 is 1.86 bits per heavy atom. The Hall–Kier alpha value is -2.56. The van der Waals surface area contributed by atoms with Gasteiger partial charge in [-0.2, -0.15) is 0 Å². The summed E-state index contributed by atoms with van der Waals surface area (Å²) in [4.78, 5) is 16.9. The molecule has 3 N–H and O–H groups in total. The van der Waals surface area contributed by atoms with Gasteiger partial charge in [0.15, 0.2) is 0 Å². The molecule has 1 aromatic carbocycles. The van der Waals surface area contributed by atoms with E-state index in [0.717, 1.165) is 36.5 Å². The van der Waals surface area contributed by atoms with Crippen molar-refractivity contribution in [3.05, 3.63) is 58.3 Å². The molecule has 0 aliphatic carbocycles. The van der Waals surface area contributed by atoms with Crippen molar-refractivity contribution in [1.82, 2.24) is 15.6 Å². The number of aromatic nitrogens is 1. The van der Waals surface area contributed by atoms with Crippen molar-refractivity contribution in [1.29, 1.82) is 0 Å². The molecule has 0 saturated heterocycles. The third-order valence-corrected chi connectivity index (χ3v) is 5.28. The van der Waals surface area contributed by atoms with Gasteiger partial charge in [0.05, 0.1) is 0 Å². The van der Waals surface area contributed by atoms with Crippen LogP contribution >= 0.6 is 0 Å². The van der Waals surface area contributed by atoms with Gasteiger partial charge in [-0.3, -0.25) is 0 Å². The number of carbonyl (C=O) groups is 1. The van der Waals surface area contributed by atoms with Crippen LogP contribution < -0.4 is 16.0 Å². The molecular weight excluding hydrogens is 348 g/mol. The zero-order chi connectivity index (χ0) is 19.8. The van der Waals surface area contributed by atoms with Crippen LogP contribution in [0.2, 0.25) is 0 Å². The maximum absolute atomic E-state index is 12.1. The monoisotopic (exact) mass is 380 g/mol. The third kappa shape index (κ3) is 5.98. The lowest BCUT2D eigenvalue weighted by Gasteiger charge is -2.14. The van der Waals surface area contributed by atoms with Crippen molar-refractivity contribution in [2.24, 2.45) is 0 Å². The molecule has 150 valence electrons. The van der Waals surface area contributed by atoms with E-state index < -0.39 is 0 Å². The maximum Gasteiger partial charge on any atom is 0.315 e. The summed E-state index contributed by atoms with van der Waals surface area (Å²) in [5, 5.41) is 9.35. The number of hydrogen-bond acceptors (Lipinski definition) is 3. The van der Waals surface area contributed by atoms with E-state index in [9.17, 15) is 4.79 Å². The van der Waals surface area contributed by atoms with Crippen LogP contribution in [0.3, 0.4) is 0 Å². The Balaban J connectivity index is 1.49. The first-order chi connectivity index (χ1) is 13.6. The molecule has 0 unspecified atom stereocenters. The van der Waals surface area contributed by atoms with Gasteiger partial charge in [-0.1, -0.05) is 48.7 Å². The van der Waals surface area contributed by atoms with Gasteiger partial charge in [0.1, 0.15) is 5.82 Å². The van der Waals surface area contributed by atoms with Gasteiger partial charge in [-0.25, -0.2) is 9.78 Å². The average molecular weight is 381 g/mol. The topological polar surface area (TPSA) is 66.0 Å². The van der Waals surface area contributed by atoms with Crippen LogP contribution in [0, 0.1) is 13.8 Å². The van der Waals surface area contributed by atoms with Gasteiger partial charge < -0.3 is 16.0 Å². The Kier molecular flexibility index (Phi) is 7.29. The van der Waals surface area contributed by atoms with Crippen LogP contribution in [0.1, 0.15) is 53.6 Å². The molecule has 2 heterocycles. The molecule has 2 aromatic rings. The molecule has 5 heteroatoms. The zero-order valence-corrected chi connectivity index (χ0v) is 17.1. The van der Waals surface area contributed by atoms with E-state index in [1.54, 1.807) is 0 Å². The number of carbonyl (C=O) groups excluding carboxylic acids is 1. The lowest BCUT2D eigenvalue weighted by Crippen LogP contribution is -2.36. The van der Waals surface area contributed by atoms with E-state index in [0.29, 0.717) is 13.1 Å². The van der Waals surface area contributed by atoms with Crippen LogP contribution in [0.4, 0.5) is 10.6 Å². The highest BCUT2D eigenvalue weighted by Gasteiger charge is 2.11. The third-order valence-electron chi connectivity index (χ3n) is 5.28. The van der Waals surface area contributed by atoms with Crippen molar-refractivity contribution in [2.45, 2.75) is 58.9 Å². The first-order valence-corrected chi connectivity index (χ1v) is 10.4. The summed E-state index contributed by atoms with van der Waals surface area (Å²) in [5.74, 6) is 1.03. The number of fused-ring (bicyclic) bond motifs is 1. The first-order valence-electron chi connectivity index (χ1n) is 10.4. The summed E-state index contributed by atoms with van der Waals surface area (Å²) in [5.41, 5.74) is 5.91. The van der Waals surface area contributed by atoms with Gasteiger partial charge in [0.2, 0.25) is 0 Å². The molecule has 2 amide bonds. The minimum atomic E-state index is -0.140. The lowest BCUT2D eigenvalue weighted by molar-refractivity contribution is 0.240. The maximum atomic E-state index is 12.1. The van der Waals surface area contributed by atoms with E-state index in [4.69, 9.17) is 4.98 Å². The van der Waals surface area contributed by atoms with Crippen molar-refractivity contribution < 1.29 is 4.79 Å². The molecule has 0 fully saturated rings. The summed E-state index contributed by atoms with van der Waals surface area (Å²) in [7, 11) is 0. The highest BCUT2D eigenvalue weighted by Crippen LogP contribution is 2.22. The van der Waals surface area contributed by atoms with Crippen molar-refractivity contribution in [2.75, 3.05) is 18.4 Å². The number of aryl methyl sites for hydroxylation is 3. The van der Waals surface area contributed by atoms with E-state index in [1.165, 1.54) is 42.4 Å². The minimum absolute atomic E-state index is 0.140. The lowest BCUT2D eigenvalue weighted by atomic mass is 10.0. The molecule has 1 aliphatic heterocycles. The van der Waals surface area contributed by atoms with Gasteiger partial charge in [-0.05, 0) is 49.8 Å². The van der Waals surface area contributed by atoms with Gasteiger partial charge in [0, 0.05) is 31.7 Å². The van der Waals surface area contributed by atoms with E-state index in [1.807, 2.05) is 12.1 Å². The summed E-state index contributed by atoms with van der Waals surface area (Å²) in [6.07, 6.45) is 6.84. The fourth-order valence-corrected chi connectivity index (χ4v) is 3.55. The average Bonchev–Trinajstić information content (AvgIpc) is 2.79. The Labute approximate surface area is 168 Å². The number of nitrogens with zero attached hydrogens (tertiary/aromatic N) is 1. The fourth-order valence-electron chi connectivity index (χ4n) is 3.55. The van der Waals surface area contributed by atoms with Crippen molar-refractivity contribution in [3.8, 4) is 0 Å². The molecule has 0 spiro atoms. The number of rotatable bonds is 5. The number of nitrogens with one attached hydrogen (secondary N) is 3. The highest BCUT2D eigenvalue weighted by molar-refractivity contribution is 5.73. The quantitative estimate of drug-likeness (QED) is 0.726. The SMILES string of the molecule is Cc1ccc(CNC(=O)NCCc2nc3c(cc2C)CCCCCCN3)cc1. The molecule has 0 atom stereocenters. The van der Waals surface area contributed by atoms with E-state index in [-0.39, 0.29) is 6.03 Å². The van der Waals surface area contributed by atoms with Gasteiger partial charge in [-0.15, -0.1) is 0 Å². The normalized spacial score (nSPS) is 14.1. The Bertz CT molecular complexity index is 786. The molecule has 0 bridgehead atoms. The summed E-state index contributed by atoms with van der Waals surface area (Å²) in [6, 6.07) is 10.3. The number of hydrogen-bond donors (Lipinski definition) is 3. The van der Waals surface area contributed by atoms with Crippen molar-refractivity contribution >= 4 is 11.8 Å². The second-order valence-corrected chi connectivity index (χ2v) is 7.70. The first kappa shape index (κ1) is 20.2. The number of benzene rings is 1. The zero-order valence-electron chi connectivity index (χ0n) is 17.1. The van der Waals surface area contributed by atoms with E-state index in [2.05, 4.69) is 48.0 Å². The van der Waals surface area contributed by atoms with Crippen LogP contribution in [-0.4, -0.2) is 24.1 Å². The number of anilines is 1. The second-order valence-electron chi connectivity index (χ2n) is 7.70. The Morgan fingerprint density at radius 3 is 2.68 bits per heavy atom. The molecule has 5 nitrogen and oxygen atoms in total. The molecular formula is C23H32N4O. The fraction of sp³-hybridized carbons (Fsp3) is 0.478. The summed E-state index contributed by atoms with van der Waals surface area (Å²) in [6.45, 7) is 6.27. The smallest absolute Gasteiger partial charge is 0.315 e. The molecule has 1 aliphatic rings. The van der Waals surface area contributed by atoms with E-state index >= 15 is 0 Å². The van der Waals surface area contributed by atoms with Crippen LogP contribution in [0.5, 0.6) is 0 Å². The molecule has 28 heavy (non-hydrogen) atoms. The minimum Gasteiger partial charge on any atom is -0.370 e. The number of urea groups is 1. The van der Waals surface area contributed by atoms with Crippen molar-refractivity contribution in [3.63, 3.8) is 0 Å². The van der Waals surface area contributed by atoms with Crippen LogP contribution in [0.25, 0.3) is 0 Å². The summed E-state index contributed by atoms with van der Waals surface area (Å²) < 4.78 is 0. The van der Waals surface area contributed by atoms with Gasteiger partial charge in [0.25, 0.3) is 0 Å². The predicted octanol–water partition coefficient (Wildman–Crippen LogP) is 4.27. The Morgan fingerprint density at radius 1 is 1.07 bits per heavy atom. The second kappa shape index (κ2) is 10.1. The molecule has 0 saturated carbocycles. The highest BCUT2D eigenvalue weighted by atomic mass is 16.2. The molecule has 0 radical (unpaired) electrons.